The number of alkyl halides is 3. The number of hydrogen-bond acceptors (Lipinski definition) is 5. The van der Waals surface area contributed by atoms with Crippen LogP contribution in [0, 0.1) is 0 Å². The van der Waals surface area contributed by atoms with Crippen LogP contribution in [0.15, 0.2) is 72.8 Å². The zero-order valence-electron chi connectivity index (χ0n) is 21.1. The molecule has 1 fully saturated rings. The number of amides is 1. The highest BCUT2D eigenvalue weighted by molar-refractivity contribution is 7.92. The topological polar surface area (TPSA) is 70.2 Å². The summed E-state index contributed by atoms with van der Waals surface area (Å²) in [6, 6.07) is 18.5. The van der Waals surface area contributed by atoms with Crippen LogP contribution in [-0.4, -0.2) is 58.3 Å². The zero-order valence-corrected chi connectivity index (χ0v) is 22.6. The zero-order chi connectivity index (χ0) is 28.2. The number of carbonyl (C=O) groups excluding carboxylic acids is 1. The van der Waals surface area contributed by atoms with Gasteiger partial charge in [-0.1, -0.05) is 35.9 Å². The average Bonchev–Trinajstić information content (AvgIpc) is 2.91. The molecule has 0 radical (unpaired) electrons. The van der Waals surface area contributed by atoms with E-state index < -0.39 is 21.8 Å². The van der Waals surface area contributed by atoms with E-state index in [9.17, 15) is 26.4 Å². The summed E-state index contributed by atoms with van der Waals surface area (Å²) in [5, 5.41) is 0.459. The Bertz CT molecular complexity index is 1410. The van der Waals surface area contributed by atoms with Gasteiger partial charge in [-0.05, 0) is 54.1 Å². The molecule has 208 valence electrons. The second kappa shape index (κ2) is 11.7. The number of piperazine rings is 1. The van der Waals surface area contributed by atoms with Crippen molar-refractivity contribution in [3.63, 3.8) is 0 Å². The Hall–Kier alpha value is -3.44. The number of halogens is 4. The van der Waals surface area contributed by atoms with E-state index in [2.05, 4.69) is 0 Å². The van der Waals surface area contributed by atoms with Gasteiger partial charge in [-0.25, -0.2) is 8.42 Å². The van der Waals surface area contributed by atoms with Crippen molar-refractivity contribution in [2.24, 2.45) is 0 Å². The monoisotopic (exact) mass is 581 g/mol. The number of hydrogen-bond donors (Lipinski definition) is 0. The number of anilines is 2. The Kier molecular flexibility index (Phi) is 8.60. The Labute approximate surface area is 230 Å². The predicted octanol–water partition coefficient (Wildman–Crippen LogP) is 5.05. The summed E-state index contributed by atoms with van der Waals surface area (Å²) in [5.41, 5.74) is 0.831. The lowest BCUT2D eigenvalue weighted by atomic mass is 10.1. The van der Waals surface area contributed by atoms with Gasteiger partial charge in [0.2, 0.25) is 10.0 Å². The minimum absolute atomic E-state index is 0.0592. The number of sulfonamides is 1. The third-order valence-electron chi connectivity index (χ3n) is 6.33. The molecule has 0 N–H and O–H groups in total. The molecule has 0 unspecified atom stereocenters. The van der Waals surface area contributed by atoms with E-state index in [0.717, 1.165) is 18.4 Å². The Morgan fingerprint density at radius 1 is 0.974 bits per heavy atom. The predicted molar refractivity (Wildman–Crippen MR) is 145 cm³/mol. The minimum Gasteiger partial charge on any atom is -0.484 e. The summed E-state index contributed by atoms with van der Waals surface area (Å²) < 4.78 is 70.8. The van der Waals surface area contributed by atoms with E-state index in [1.54, 1.807) is 59.5 Å². The lowest BCUT2D eigenvalue weighted by Gasteiger charge is -2.36. The fourth-order valence-electron chi connectivity index (χ4n) is 4.22. The Balaban J connectivity index is 1.32. The van der Waals surface area contributed by atoms with E-state index >= 15 is 0 Å². The molecule has 3 aromatic rings. The van der Waals surface area contributed by atoms with Crippen molar-refractivity contribution in [2.75, 3.05) is 48.2 Å². The van der Waals surface area contributed by atoms with Gasteiger partial charge in [0, 0.05) is 36.9 Å². The molecule has 0 aromatic heterocycles. The number of nitrogens with zero attached hydrogens (tertiary/aromatic N) is 3. The van der Waals surface area contributed by atoms with Crippen molar-refractivity contribution < 1.29 is 31.1 Å². The van der Waals surface area contributed by atoms with Crippen LogP contribution in [-0.2, 0) is 27.5 Å². The molecule has 0 saturated carbocycles. The van der Waals surface area contributed by atoms with Crippen molar-refractivity contribution >= 4 is 38.9 Å². The van der Waals surface area contributed by atoms with Crippen LogP contribution in [0.4, 0.5) is 24.5 Å². The SMILES string of the molecule is CS(=O)(=O)N(Cc1ccccc1Cl)c1ccc(OCC(=O)N2CCN(c3cccc(C(F)(F)F)c3)CC2)cc1. The van der Waals surface area contributed by atoms with E-state index in [-0.39, 0.29) is 19.1 Å². The Morgan fingerprint density at radius 3 is 2.26 bits per heavy atom. The van der Waals surface area contributed by atoms with Gasteiger partial charge in [-0.15, -0.1) is 0 Å². The maximum atomic E-state index is 13.0. The molecule has 0 aliphatic carbocycles. The van der Waals surface area contributed by atoms with Gasteiger partial charge in [0.15, 0.2) is 6.61 Å². The summed E-state index contributed by atoms with van der Waals surface area (Å²) in [6.45, 7) is 1.33. The molecule has 1 aliphatic heterocycles. The quantitative estimate of drug-likeness (QED) is 0.372. The normalized spacial score (nSPS) is 14.3. The number of carbonyl (C=O) groups is 1. The van der Waals surface area contributed by atoms with Gasteiger partial charge < -0.3 is 14.5 Å². The van der Waals surface area contributed by atoms with Crippen LogP contribution >= 0.6 is 11.6 Å². The van der Waals surface area contributed by atoms with Gasteiger partial charge in [0.05, 0.1) is 24.1 Å². The lowest BCUT2D eigenvalue weighted by Crippen LogP contribution is -2.50. The van der Waals surface area contributed by atoms with Gasteiger partial charge in [-0.3, -0.25) is 9.10 Å². The van der Waals surface area contributed by atoms with E-state index in [1.807, 2.05) is 4.90 Å². The lowest BCUT2D eigenvalue weighted by molar-refractivity contribution is -0.137. The fourth-order valence-corrected chi connectivity index (χ4v) is 5.29. The minimum atomic E-state index is -4.41. The average molecular weight is 582 g/mol. The summed E-state index contributed by atoms with van der Waals surface area (Å²) in [6.07, 6.45) is -3.30. The van der Waals surface area contributed by atoms with E-state index in [1.165, 1.54) is 10.4 Å². The van der Waals surface area contributed by atoms with Gasteiger partial charge >= 0.3 is 6.18 Å². The van der Waals surface area contributed by atoms with Crippen LogP contribution in [0.25, 0.3) is 0 Å². The van der Waals surface area contributed by atoms with Crippen LogP contribution in [0.2, 0.25) is 5.02 Å². The third-order valence-corrected chi connectivity index (χ3v) is 7.84. The molecule has 0 bridgehead atoms. The molecule has 39 heavy (non-hydrogen) atoms. The second-order valence-corrected chi connectivity index (χ2v) is 11.4. The first kappa shape index (κ1) is 28.6. The van der Waals surface area contributed by atoms with Crippen LogP contribution in [0.3, 0.4) is 0 Å². The van der Waals surface area contributed by atoms with Gasteiger partial charge in [0.1, 0.15) is 5.75 Å². The van der Waals surface area contributed by atoms with Crippen molar-refractivity contribution in [1.82, 2.24) is 4.90 Å². The van der Waals surface area contributed by atoms with Crippen molar-refractivity contribution in [1.29, 1.82) is 0 Å². The highest BCUT2D eigenvalue weighted by atomic mass is 35.5. The first-order valence-corrected chi connectivity index (χ1v) is 14.3. The van der Waals surface area contributed by atoms with Crippen molar-refractivity contribution in [3.8, 4) is 5.75 Å². The molecular weight excluding hydrogens is 555 g/mol. The number of benzene rings is 3. The second-order valence-electron chi connectivity index (χ2n) is 9.06. The molecule has 4 rings (SSSR count). The van der Waals surface area contributed by atoms with Crippen molar-refractivity contribution in [2.45, 2.75) is 12.7 Å². The molecule has 12 heteroatoms. The maximum absolute atomic E-state index is 13.0. The van der Waals surface area contributed by atoms with Gasteiger partial charge in [0.25, 0.3) is 5.91 Å². The molecule has 7 nitrogen and oxygen atoms in total. The maximum Gasteiger partial charge on any atom is 0.416 e. The first-order valence-electron chi connectivity index (χ1n) is 12.1. The standard InChI is InChI=1S/C27H27ClF3N3O4S/c1-39(36,37)34(18-20-5-2-3-8-25(20)28)22-9-11-24(12-10-22)38-19-26(35)33-15-13-32(14-16-33)23-7-4-6-21(17-23)27(29,30)31/h2-12,17H,13-16,18-19H2,1H3. The summed E-state index contributed by atoms with van der Waals surface area (Å²) >= 11 is 6.21. The van der Waals surface area contributed by atoms with Crippen molar-refractivity contribution in [3.05, 3.63) is 88.9 Å². The summed E-state index contributed by atoms with van der Waals surface area (Å²) in [5.74, 6) is 0.139. The third kappa shape index (κ3) is 7.36. The smallest absolute Gasteiger partial charge is 0.416 e. The Morgan fingerprint density at radius 2 is 1.64 bits per heavy atom. The fraction of sp³-hybridized carbons (Fsp3) is 0.296. The highest BCUT2D eigenvalue weighted by Gasteiger charge is 2.31. The van der Waals surface area contributed by atoms with Gasteiger partial charge in [-0.2, -0.15) is 13.2 Å². The molecule has 1 amide bonds. The van der Waals surface area contributed by atoms with Crippen LogP contribution < -0.4 is 13.9 Å². The number of ether oxygens (including phenoxy) is 1. The molecule has 0 atom stereocenters. The largest absolute Gasteiger partial charge is 0.484 e. The molecule has 0 spiro atoms. The number of rotatable bonds is 8. The first-order chi connectivity index (χ1) is 18.4. The summed E-state index contributed by atoms with van der Waals surface area (Å²) in [7, 11) is -3.61. The molecular formula is C27H27ClF3N3O4S. The molecule has 1 saturated heterocycles. The summed E-state index contributed by atoms with van der Waals surface area (Å²) in [4.78, 5) is 16.1. The van der Waals surface area contributed by atoms with Crippen LogP contribution in [0.1, 0.15) is 11.1 Å². The molecule has 1 aliphatic rings. The molecule has 3 aromatic carbocycles. The highest BCUT2D eigenvalue weighted by Crippen LogP contribution is 2.32. The molecule has 1 heterocycles. The van der Waals surface area contributed by atoms with E-state index in [0.29, 0.717) is 53.9 Å². The van der Waals surface area contributed by atoms with E-state index in [4.69, 9.17) is 16.3 Å². The van der Waals surface area contributed by atoms with Crippen LogP contribution in [0.5, 0.6) is 5.75 Å².